The minimum Gasteiger partial charge on any atom is -0.505 e. The highest BCUT2D eigenvalue weighted by atomic mass is 16.3. The van der Waals surface area contributed by atoms with Gasteiger partial charge in [-0.1, -0.05) is 18.2 Å². The van der Waals surface area contributed by atoms with Crippen LogP contribution in [0.5, 0.6) is 0 Å². The van der Waals surface area contributed by atoms with Crippen LogP contribution in [-0.4, -0.2) is 31.2 Å². The van der Waals surface area contributed by atoms with Crippen LogP contribution in [0.25, 0.3) is 22.6 Å². The molecule has 2 aromatic heterocycles. The molecular formula is C21H17N3O4. The van der Waals surface area contributed by atoms with Crippen LogP contribution in [0.15, 0.2) is 52.8 Å². The number of rotatable bonds is 2. The van der Waals surface area contributed by atoms with Crippen LogP contribution < -0.4 is 5.56 Å². The summed E-state index contributed by atoms with van der Waals surface area (Å²) in [6.07, 6.45) is 0.760. The summed E-state index contributed by atoms with van der Waals surface area (Å²) in [5.41, 5.74) is 0.340. The lowest BCUT2D eigenvalue weighted by molar-refractivity contribution is -0.123. The molecule has 0 amide bonds. The molecule has 1 aromatic carbocycles. The number of benzene rings is 1. The average Bonchev–Trinajstić information content (AvgIpc) is 2.67. The zero-order chi connectivity index (χ0) is 19.8. The molecule has 0 atom stereocenters. The Labute approximate surface area is 160 Å². The second-order valence-electron chi connectivity index (χ2n) is 6.65. The summed E-state index contributed by atoms with van der Waals surface area (Å²) in [6, 6.07) is 12.2. The van der Waals surface area contributed by atoms with Crippen LogP contribution in [0.1, 0.15) is 30.7 Å². The summed E-state index contributed by atoms with van der Waals surface area (Å²) < 4.78 is 1.33. The molecule has 28 heavy (non-hydrogen) atoms. The largest absolute Gasteiger partial charge is 0.505 e. The molecule has 1 aliphatic rings. The SMILES string of the molecule is Cc1cccc(-n2c(=O)c(C(O)=C3C(=O)CCCC3=O)nc3ccccc32)n1. The number of hydrogen-bond donors (Lipinski definition) is 1. The van der Waals surface area contributed by atoms with Crippen molar-refractivity contribution in [1.82, 2.24) is 14.5 Å². The van der Waals surface area contributed by atoms with Crippen molar-refractivity contribution in [3.05, 3.63) is 69.8 Å². The Balaban J connectivity index is 2.07. The van der Waals surface area contributed by atoms with Crippen molar-refractivity contribution in [2.24, 2.45) is 0 Å². The first-order valence-electron chi connectivity index (χ1n) is 8.93. The van der Waals surface area contributed by atoms with E-state index in [4.69, 9.17) is 0 Å². The number of Topliss-reactive ketones (excluding diaryl/α,β-unsaturated/α-hetero) is 2. The molecule has 2 heterocycles. The lowest BCUT2D eigenvalue weighted by Gasteiger charge is -2.15. The van der Waals surface area contributed by atoms with Gasteiger partial charge in [-0.3, -0.25) is 19.0 Å². The summed E-state index contributed by atoms with van der Waals surface area (Å²) in [5.74, 6) is -1.23. The van der Waals surface area contributed by atoms with E-state index in [1.54, 1.807) is 49.4 Å². The number of pyridine rings is 1. The van der Waals surface area contributed by atoms with Crippen LogP contribution in [0, 0.1) is 6.92 Å². The second kappa shape index (κ2) is 6.84. The zero-order valence-electron chi connectivity index (χ0n) is 15.2. The van der Waals surface area contributed by atoms with Gasteiger partial charge in [0.1, 0.15) is 11.4 Å². The predicted molar refractivity (Wildman–Crippen MR) is 103 cm³/mol. The van der Waals surface area contributed by atoms with Crippen LogP contribution in [-0.2, 0) is 9.59 Å². The number of aliphatic hydroxyl groups excluding tert-OH is 1. The van der Waals surface area contributed by atoms with Crippen LogP contribution in [0.4, 0.5) is 0 Å². The number of aliphatic hydroxyl groups is 1. The number of nitrogens with zero attached hydrogens (tertiary/aromatic N) is 3. The summed E-state index contributed by atoms with van der Waals surface area (Å²) in [6.45, 7) is 1.80. The molecule has 7 nitrogen and oxygen atoms in total. The number of aromatic nitrogens is 3. The maximum atomic E-state index is 13.2. The number of fused-ring (bicyclic) bond motifs is 1. The second-order valence-corrected chi connectivity index (χ2v) is 6.65. The number of carbonyl (C=O) groups excluding carboxylic acids is 2. The van der Waals surface area contributed by atoms with Gasteiger partial charge in [0, 0.05) is 18.5 Å². The monoisotopic (exact) mass is 375 g/mol. The van der Waals surface area contributed by atoms with Crippen molar-refractivity contribution in [3.8, 4) is 5.82 Å². The molecule has 1 fully saturated rings. The Morgan fingerprint density at radius 1 is 0.964 bits per heavy atom. The molecule has 0 unspecified atom stereocenters. The van der Waals surface area contributed by atoms with Gasteiger partial charge in [-0.25, -0.2) is 9.97 Å². The number of aryl methyl sites for hydroxylation is 1. The van der Waals surface area contributed by atoms with Gasteiger partial charge in [0.25, 0.3) is 5.56 Å². The van der Waals surface area contributed by atoms with Crippen molar-refractivity contribution in [3.63, 3.8) is 0 Å². The quantitative estimate of drug-likeness (QED) is 0.420. The van der Waals surface area contributed by atoms with E-state index in [9.17, 15) is 19.5 Å². The van der Waals surface area contributed by atoms with Crippen LogP contribution in [0.3, 0.4) is 0 Å². The standard InChI is InChI=1S/C21H17N3O4/c1-12-6-4-11-17(22-12)24-14-8-3-2-7-13(14)23-19(21(24)28)20(27)18-15(25)9-5-10-16(18)26/h2-4,6-8,11,27H,5,9-10H2,1H3. The Morgan fingerprint density at radius 3 is 2.39 bits per heavy atom. The molecule has 0 saturated heterocycles. The first kappa shape index (κ1) is 17.8. The third kappa shape index (κ3) is 2.90. The molecule has 4 rings (SSSR count). The van der Waals surface area contributed by atoms with Crippen LogP contribution in [0.2, 0.25) is 0 Å². The highest BCUT2D eigenvalue weighted by molar-refractivity contribution is 6.25. The smallest absolute Gasteiger partial charge is 0.286 e. The Morgan fingerprint density at radius 2 is 1.68 bits per heavy atom. The van der Waals surface area contributed by atoms with Crippen molar-refractivity contribution in [2.45, 2.75) is 26.2 Å². The van der Waals surface area contributed by atoms with Gasteiger partial charge in [0.05, 0.1) is 11.0 Å². The summed E-state index contributed by atoms with van der Waals surface area (Å²) in [4.78, 5) is 46.3. The van der Waals surface area contributed by atoms with E-state index in [1.807, 2.05) is 0 Å². The topological polar surface area (TPSA) is 102 Å². The summed E-state index contributed by atoms with van der Waals surface area (Å²) in [5, 5.41) is 10.7. The minimum atomic E-state index is -0.660. The van der Waals surface area contributed by atoms with Gasteiger partial charge in [0.2, 0.25) is 0 Å². The lowest BCUT2D eigenvalue weighted by Crippen LogP contribution is -2.28. The summed E-state index contributed by atoms with van der Waals surface area (Å²) in [7, 11) is 0. The number of allylic oxidation sites excluding steroid dienone is 1. The van der Waals surface area contributed by atoms with E-state index < -0.39 is 22.9 Å². The number of ketones is 2. The fourth-order valence-corrected chi connectivity index (χ4v) is 3.36. The molecule has 3 aromatic rings. The fraction of sp³-hybridized carbons (Fsp3) is 0.190. The molecule has 0 aliphatic heterocycles. The number of carbonyl (C=O) groups is 2. The molecule has 1 saturated carbocycles. The maximum absolute atomic E-state index is 13.2. The van der Waals surface area contributed by atoms with Crippen molar-refractivity contribution in [1.29, 1.82) is 0 Å². The molecule has 0 bridgehead atoms. The van der Waals surface area contributed by atoms with Gasteiger partial charge in [-0.05, 0) is 37.6 Å². The number of para-hydroxylation sites is 2. The van der Waals surface area contributed by atoms with Gasteiger partial charge in [-0.2, -0.15) is 0 Å². The molecule has 0 spiro atoms. The zero-order valence-corrected chi connectivity index (χ0v) is 15.2. The van der Waals surface area contributed by atoms with E-state index in [-0.39, 0.29) is 24.1 Å². The molecule has 7 heteroatoms. The van der Waals surface area contributed by atoms with E-state index in [1.165, 1.54) is 4.57 Å². The highest BCUT2D eigenvalue weighted by Crippen LogP contribution is 2.24. The average molecular weight is 375 g/mol. The predicted octanol–water partition coefficient (Wildman–Crippen LogP) is 2.68. The molecular weight excluding hydrogens is 358 g/mol. The van der Waals surface area contributed by atoms with Crippen molar-refractivity contribution in [2.75, 3.05) is 0 Å². The third-order valence-corrected chi connectivity index (χ3v) is 4.69. The van der Waals surface area contributed by atoms with Crippen LogP contribution >= 0.6 is 0 Å². The Bertz CT molecular complexity index is 1210. The van der Waals surface area contributed by atoms with Gasteiger partial charge < -0.3 is 5.11 Å². The van der Waals surface area contributed by atoms with E-state index in [0.29, 0.717) is 29.0 Å². The highest BCUT2D eigenvalue weighted by Gasteiger charge is 2.30. The lowest BCUT2D eigenvalue weighted by atomic mass is 9.90. The molecule has 1 N–H and O–H groups in total. The summed E-state index contributed by atoms with van der Waals surface area (Å²) >= 11 is 0. The maximum Gasteiger partial charge on any atom is 0.286 e. The minimum absolute atomic E-state index is 0.159. The molecule has 0 radical (unpaired) electrons. The van der Waals surface area contributed by atoms with Crippen molar-refractivity contribution < 1.29 is 14.7 Å². The third-order valence-electron chi connectivity index (χ3n) is 4.69. The van der Waals surface area contributed by atoms with Gasteiger partial charge in [0.15, 0.2) is 23.0 Å². The number of hydrogen-bond acceptors (Lipinski definition) is 6. The Hall–Kier alpha value is -3.61. The first-order valence-corrected chi connectivity index (χ1v) is 8.93. The van der Waals surface area contributed by atoms with E-state index in [0.717, 1.165) is 0 Å². The van der Waals surface area contributed by atoms with Gasteiger partial charge >= 0.3 is 0 Å². The normalized spacial score (nSPS) is 14.5. The Kier molecular flexibility index (Phi) is 4.35. The van der Waals surface area contributed by atoms with E-state index >= 15 is 0 Å². The fourth-order valence-electron chi connectivity index (χ4n) is 3.36. The first-order chi connectivity index (χ1) is 13.5. The molecule has 1 aliphatic carbocycles. The molecule has 140 valence electrons. The van der Waals surface area contributed by atoms with Gasteiger partial charge in [-0.15, -0.1) is 0 Å². The van der Waals surface area contributed by atoms with Crippen molar-refractivity contribution >= 4 is 28.4 Å². The van der Waals surface area contributed by atoms with E-state index in [2.05, 4.69) is 9.97 Å².